The number of nitrogens with one attached hydrogen (secondary N) is 1. The number of benzene rings is 1. The van der Waals surface area contributed by atoms with Gasteiger partial charge in [-0.25, -0.2) is 0 Å². The van der Waals surface area contributed by atoms with Gasteiger partial charge in [0.25, 0.3) is 5.91 Å². The number of hydrogen-bond acceptors (Lipinski definition) is 2. The summed E-state index contributed by atoms with van der Waals surface area (Å²) in [5.74, 6) is 3.58. The van der Waals surface area contributed by atoms with Crippen LogP contribution in [0.15, 0.2) is 53.1 Å². The molecule has 1 aromatic heterocycles. The molecule has 4 bridgehead atoms. The fraction of sp³-hybridized carbons (Fsp3) is 0.542. The Bertz CT molecular complexity index is 779. The van der Waals surface area contributed by atoms with Crippen LogP contribution in [0.25, 0.3) is 0 Å². The molecule has 28 heavy (non-hydrogen) atoms. The number of rotatable bonds is 6. The third kappa shape index (κ3) is 3.39. The summed E-state index contributed by atoms with van der Waals surface area (Å²) in [6.07, 6.45) is 9.47. The molecule has 1 amide bonds. The van der Waals surface area contributed by atoms with Crippen molar-refractivity contribution in [2.24, 2.45) is 17.8 Å². The lowest BCUT2D eigenvalue weighted by Crippen LogP contribution is -2.93. The van der Waals surface area contributed by atoms with Gasteiger partial charge in [0.2, 0.25) is 0 Å². The van der Waals surface area contributed by atoms with Gasteiger partial charge in [-0.1, -0.05) is 30.3 Å². The minimum absolute atomic E-state index is 0.00619. The van der Waals surface area contributed by atoms with Crippen molar-refractivity contribution < 1.29 is 14.5 Å². The summed E-state index contributed by atoms with van der Waals surface area (Å²) in [7, 11) is 0. The number of hydrogen-bond donors (Lipinski definition) is 2. The van der Waals surface area contributed by atoms with E-state index in [0.717, 1.165) is 29.1 Å². The summed E-state index contributed by atoms with van der Waals surface area (Å²) in [5.41, 5.74) is 1.23. The van der Waals surface area contributed by atoms with E-state index in [4.69, 9.17) is 4.42 Å². The maximum Gasteiger partial charge on any atom is 0.278 e. The Labute approximate surface area is 167 Å². The zero-order valence-electron chi connectivity index (χ0n) is 16.6. The predicted molar refractivity (Wildman–Crippen MR) is 107 cm³/mol. The summed E-state index contributed by atoms with van der Waals surface area (Å²) >= 11 is 0. The Morgan fingerprint density at radius 3 is 2.25 bits per heavy atom. The van der Waals surface area contributed by atoms with Crippen molar-refractivity contribution in [2.75, 3.05) is 0 Å². The largest absolute Gasteiger partial charge is 0.463 e. The highest BCUT2D eigenvalue weighted by atomic mass is 16.3. The molecule has 148 valence electrons. The van der Waals surface area contributed by atoms with Crippen LogP contribution in [0.3, 0.4) is 0 Å². The summed E-state index contributed by atoms with van der Waals surface area (Å²) in [4.78, 5) is 13.2. The normalized spacial score (nSPS) is 32.8. The molecule has 4 saturated carbocycles. The van der Waals surface area contributed by atoms with Crippen LogP contribution in [0.1, 0.15) is 62.8 Å². The van der Waals surface area contributed by atoms with E-state index >= 15 is 0 Å². The van der Waals surface area contributed by atoms with E-state index < -0.39 is 0 Å². The lowest BCUT2D eigenvalue weighted by atomic mass is 9.53. The highest BCUT2D eigenvalue weighted by Gasteiger charge is 2.52. The van der Waals surface area contributed by atoms with Gasteiger partial charge in [-0.15, -0.1) is 0 Å². The molecule has 0 unspecified atom stereocenters. The zero-order chi connectivity index (χ0) is 19.1. The highest BCUT2D eigenvalue weighted by Crippen LogP contribution is 2.55. The van der Waals surface area contributed by atoms with Crippen molar-refractivity contribution in [2.45, 2.75) is 63.1 Å². The van der Waals surface area contributed by atoms with Gasteiger partial charge in [0.15, 0.2) is 17.8 Å². The topological polar surface area (TPSA) is 58.9 Å². The van der Waals surface area contributed by atoms with Crippen molar-refractivity contribution in [3.63, 3.8) is 0 Å². The molecule has 4 fully saturated rings. The quantitative estimate of drug-likeness (QED) is 0.808. The molecule has 2 aromatic rings. The third-order valence-corrected chi connectivity index (χ3v) is 7.33. The molecule has 4 heteroatoms. The van der Waals surface area contributed by atoms with Gasteiger partial charge in [0, 0.05) is 11.1 Å². The van der Waals surface area contributed by atoms with Crippen molar-refractivity contribution in [3.05, 3.63) is 60.1 Å². The first-order valence-corrected chi connectivity index (χ1v) is 10.9. The monoisotopic (exact) mass is 379 g/mol. The first kappa shape index (κ1) is 18.0. The third-order valence-electron chi connectivity index (χ3n) is 7.33. The average Bonchev–Trinajstić information content (AvgIpc) is 3.19. The molecule has 4 nitrogen and oxygen atoms in total. The summed E-state index contributed by atoms with van der Waals surface area (Å²) in [5, 5.41) is 5.67. The SMILES string of the molecule is C[C@@H]([NH2+][C@@H](c1ccccc1)c1ccco1)C(=O)NC12CC3CC(CC(C3)C1)C2. The fourth-order valence-corrected chi connectivity index (χ4v) is 6.51. The van der Waals surface area contributed by atoms with Crippen LogP contribution < -0.4 is 10.6 Å². The number of quaternary nitrogens is 1. The van der Waals surface area contributed by atoms with Crippen LogP contribution in [0.5, 0.6) is 0 Å². The fourth-order valence-electron chi connectivity index (χ4n) is 6.51. The van der Waals surface area contributed by atoms with Gasteiger partial charge < -0.3 is 15.1 Å². The molecular formula is C24H31N2O2+. The predicted octanol–water partition coefficient (Wildman–Crippen LogP) is 3.41. The van der Waals surface area contributed by atoms with Gasteiger partial charge in [-0.3, -0.25) is 4.79 Å². The zero-order valence-corrected chi connectivity index (χ0v) is 16.6. The minimum atomic E-state index is -0.164. The van der Waals surface area contributed by atoms with E-state index in [1.807, 2.05) is 37.3 Å². The molecular weight excluding hydrogens is 348 g/mol. The number of carbonyl (C=O) groups is 1. The van der Waals surface area contributed by atoms with E-state index in [1.54, 1.807) is 6.26 Å². The van der Waals surface area contributed by atoms with Crippen molar-refractivity contribution in [3.8, 4) is 0 Å². The molecule has 0 radical (unpaired) electrons. The average molecular weight is 380 g/mol. The van der Waals surface area contributed by atoms with E-state index in [-0.39, 0.29) is 23.5 Å². The molecule has 0 aliphatic heterocycles. The second-order valence-corrected chi connectivity index (χ2v) is 9.57. The number of furan rings is 1. The first-order chi connectivity index (χ1) is 13.6. The highest BCUT2D eigenvalue weighted by molar-refractivity contribution is 5.80. The van der Waals surface area contributed by atoms with E-state index in [9.17, 15) is 4.79 Å². The van der Waals surface area contributed by atoms with Gasteiger partial charge in [-0.05, 0) is 75.3 Å². The Morgan fingerprint density at radius 1 is 1.04 bits per heavy atom. The number of carbonyl (C=O) groups excluding carboxylic acids is 1. The molecule has 1 heterocycles. The van der Waals surface area contributed by atoms with Crippen LogP contribution in [-0.2, 0) is 4.79 Å². The Morgan fingerprint density at radius 2 is 1.68 bits per heavy atom. The maximum atomic E-state index is 13.2. The summed E-state index contributed by atoms with van der Waals surface area (Å²) in [6.45, 7) is 2.02. The minimum Gasteiger partial charge on any atom is -0.463 e. The number of amides is 1. The summed E-state index contributed by atoms with van der Waals surface area (Å²) < 4.78 is 5.70. The molecule has 1 aromatic carbocycles. The van der Waals surface area contributed by atoms with E-state index in [2.05, 4.69) is 22.8 Å². The van der Waals surface area contributed by atoms with Crippen LogP contribution in [-0.4, -0.2) is 17.5 Å². The molecule has 0 spiro atoms. The molecule has 4 aliphatic carbocycles. The second kappa shape index (κ2) is 7.07. The van der Waals surface area contributed by atoms with Crippen LogP contribution in [0, 0.1) is 17.8 Å². The maximum absolute atomic E-state index is 13.2. The molecule has 4 aliphatic rings. The first-order valence-electron chi connectivity index (χ1n) is 10.9. The Kier molecular flexibility index (Phi) is 4.54. The Balaban J connectivity index is 1.30. The smallest absolute Gasteiger partial charge is 0.278 e. The van der Waals surface area contributed by atoms with E-state index in [1.165, 1.54) is 38.5 Å². The lowest BCUT2D eigenvalue weighted by Gasteiger charge is -2.57. The van der Waals surface area contributed by atoms with Gasteiger partial charge in [0.05, 0.1) is 6.26 Å². The standard InChI is InChI=1S/C24H30N2O2/c1-16(25-22(21-8-5-9-28-21)20-6-3-2-4-7-20)23(27)26-24-13-17-10-18(14-24)12-19(11-17)15-24/h2-9,16-19,22,25H,10-15H2,1H3,(H,26,27)/p+1/t16-,17?,18?,19?,22+,24?/m1/s1. The molecule has 0 saturated heterocycles. The van der Waals surface area contributed by atoms with Crippen LogP contribution in [0.2, 0.25) is 0 Å². The number of nitrogens with two attached hydrogens (primary N) is 1. The molecule has 6 rings (SSSR count). The van der Waals surface area contributed by atoms with Crippen molar-refractivity contribution in [1.29, 1.82) is 0 Å². The van der Waals surface area contributed by atoms with Gasteiger partial charge in [0.1, 0.15) is 0 Å². The van der Waals surface area contributed by atoms with Gasteiger partial charge >= 0.3 is 0 Å². The van der Waals surface area contributed by atoms with Crippen molar-refractivity contribution >= 4 is 5.91 Å². The van der Waals surface area contributed by atoms with Crippen LogP contribution in [0.4, 0.5) is 0 Å². The lowest BCUT2D eigenvalue weighted by molar-refractivity contribution is -0.706. The second-order valence-electron chi connectivity index (χ2n) is 9.57. The Hall–Kier alpha value is -2.07. The van der Waals surface area contributed by atoms with E-state index in [0.29, 0.717) is 0 Å². The van der Waals surface area contributed by atoms with Crippen LogP contribution >= 0.6 is 0 Å². The van der Waals surface area contributed by atoms with Gasteiger partial charge in [-0.2, -0.15) is 0 Å². The molecule has 3 N–H and O–H groups in total. The summed E-state index contributed by atoms with van der Waals surface area (Å²) in [6, 6.07) is 14.1. The van der Waals surface area contributed by atoms with Crippen molar-refractivity contribution in [1.82, 2.24) is 5.32 Å². The molecule has 2 atom stereocenters.